The van der Waals surface area contributed by atoms with Crippen LogP contribution in [0.5, 0.6) is 0 Å². The molecule has 2 rings (SSSR count). The Morgan fingerprint density at radius 2 is 1.96 bits per heavy atom. The van der Waals surface area contributed by atoms with Gasteiger partial charge in [0.1, 0.15) is 0 Å². The van der Waals surface area contributed by atoms with E-state index in [1.54, 1.807) is 0 Å². The zero-order valence-electron chi connectivity index (χ0n) is 13.8. The van der Waals surface area contributed by atoms with Gasteiger partial charge in [-0.15, -0.1) is 0 Å². The second-order valence-corrected chi connectivity index (χ2v) is 5.68. The molecule has 1 aliphatic rings. The summed E-state index contributed by atoms with van der Waals surface area (Å²) in [5.41, 5.74) is 0. The maximum atomic E-state index is 12.4. The molecule has 0 saturated heterocycles. The minimum atomic E-state index is -0.417. The van der Waals surface area contributed by atoms with Gasteiger partial charge in [-0.1, -0.05) is 30.8 Å². The minimum absolute atomic E-state index is 0.0344. The summed E-state index contributed by atoms with van der Waals surface area (Å²) in [6, 6.07) is 0.172. The normalized spacial score (nSPS) is 15.7. The van der Waals surface area contributed by atoms with Crippen molar-refractivity contribution in [2.24, 2.45) is 0 Å². The highest BCUT2D eigenvalue weighted by molar-refractivity contribution is 5.89. The van der Waals surface area contributed by atoms with Crippen molar-refractivity contribution in [2.45, 2.75) is 58.0 Å². The fraction of sp³-hybridized carbons (Fsp3) is 0.733. The summed E-state index contributed by atoms with van der Waals surface area (Å²) in [5.74, 6) is -0.235. The van der Waals surface area contributed by atoms with Crippen molar-refractivity contribution in [1.82, 2.24) is 25.7 Å². The molecule has 3 amide bonds. The number of carbonyl (C=O) groups excluding carboxylic acids is 2. The third-order valence-electron chi connectivity index (χ3n) is 4.16. The van der Waals surface area contributed by atoms with Crippen molar-refractivity contribution < 1.29 is 14.1 Å². The van der Waals surface area contributed by atoms with Crippen LogP contribution in [0.15, 0.2) is 4.52 Å². The Balaban J connectivity index is 1.89. The van der Waals surface area contributed by atoms with Crippen molar-refractivity contribution in [3.63, 3.8) is 0 Å². The number of nitrogens with zero attached hydrogens (tertiary/aromatic N) is 3. The first-order chi connectivity index (χ1) is 11.2. The Hall–Kier alpha value is -2.12. The van der Waals surface area contributed by atoms with Crippen LogP contribution in [-0.4, -0.2) is 46.6 Å². The highest BCUT2D eigenvalue weighted by Gasteiger charge is 2.23. The van der Waals surface area contributed by atoms with Crippen LogP contribution in [-0.2, 0) is 6.54 Å². The Bertz CT molecular complexity index is 523. The molecule has 2 N–H and O–H groups in total. The van der Waals surface area contributed by atoms with Crippen LogP contribution in [0.25, 0.3) is 0 Å². The number of hydrogen-bond acceptors (Lipinski definition) is 5. The average molecular weight is 323 g/mol. The standard InChI is InChI=1S/C15H25N5O3/c1-3-20(11-8-6-4-5-7-9-11)15(22)17-10-12-18-13(19-23-12)14(21)16-2/h11H,3-10H2,1-2H3,(H,16,21)(H,17,22). The Morgan fingerprint density at radius 3 is 2.57 bits per heavy atom. The van der Waals surface area contributed by atoms with Crippen LogP contribution >= 0.6 is 0 Å². The van der Waals surface area contributed by atoms with Crippen molar-refractivity contribution in [1.29, 1.82) is 0 Å². The number of nitrogens with one attached hydrogen (secondary N) is 2. The summed E-state index contributed by atoms with van der Waals surface area (Å²) in [5, 5.41) is 8.78. The maximum absolute atomic E-state index is 12.4. The fourth-order valence-electron chi connectivity index (χ4n) is 2.92. The number of rotatable bonds is 5. The first-order valence-electron chi connectivity index (χ1n) is 8.24. The van der Waals surface area contributed by atoms with Gasteiger partial charge in [0.2, 0.25) is 5.89 Å². The summed E-state index contributed by atoms with van der Waals surface area (Å²) in [6.07, 6.45) is 6.96. The Kier molecular flexibility index (Phi) is 6.37. The van der Waals surface area contributed by atoms with E-state index in [0.717, 1.165) is 12.8 Å². The van der Waals surface area contributed by atoms with Crippen LogP contribution in [0, 0.1) is 0 Å². The number of carbonyl (C=O) groups is 2. The molecule has 1 aliphatic carbocycles. The summed E-state index contributed by atoms with van der Waals surface area (Å²) < 4.78 is 4.96. The molecule has 1 aromatic heterocycles. The molecule has 1 saturated carbocycles. The zero-order chi connectivity index (χ0) is 16.7. The van der Waals surface area contributed by atoms with Gasteiger partial charge in [0, 0.05) is 19.6 Å². The lowest BCUT2D eigenvalue weighted by Crippen LogP contribution is -2.45. The third-order valence-corrected chi connectivity index (χ3v) is 4.16. The van der Waals surface area contributed by atoms with Gasteiger partial charge in [-0.3, -0.25) is 4.79 Å². The summed E-state index contributed by atoms with van der Waals surface area (Å²) in [7, 11) is 1.49. The van der Waals surface area contributed by atoms with Crippen molar-refractivity contribution in [3.05, 3.63) is 11.7 Å². The van der Waals surface area contributed by atoms with Gasteiger partial charge in [0.15, 0.2) is 0 Å². The molecule has 0 bridgehead atoms. The van der Waals surface area contributed by atoms with E-state index in [-0.39, 0.29) is 24.3 Å². The van der Waals surface area contributed by atoms with Crippen LogP contribution in [0.3, 0.4) is 0 Å². The van der Waals surface area contributed by atoms with Gasteiger partial charge < -0.3 is 20.1 Å². The molecule has 23 heavy (non-hydrogen) atoms. The maximum Gasteiger partial charge on any atom is 0.318 e. The molecule has 0 aromatic carbocycles. The number of aromatic nitrogens is 2. The number of hydrogen-bond donors (Lipinski definition) is 2. The third kappa shape index (κ3) is 4.67. The van der Waals surface area contributed by atoms with E-state index in [9.17, 15) is 9.59 Å². The van der Waals surface area contributed by atoms with E-state index >= 15 is 0 Å². The topological polar surface area (TPSA) is 100 Å². The van der Waals surface area contributed by atoms with Crippen molar-refractivity contribution in [2.75, 3.05) is 13.6 Å². The quantitative estimate of drug-likeness (QED) is 0.803. The molecule has 128 valence electrons. The van der Waals surface area contributed by atoms with E-state index < -0.39 is 5.91 Å². The summed E-state index contributed by atoms with van der Waals surface area (Å²) in [4.78, 5) is 29.6. The average Bonchev–Trinajstić information content (AvgIpc) is 2.88. The highest BCUT2D eigenvalue weighted by Crippen LogP contribution is 2.21. The second kappa shape index (κ2) is 8.50. The lowest BCUT2D eigenvalue weighted by Gasteiger charge is -2.30. The SMILES string of the molecule is CCN(C(=O)NCc1nc(C(=O)NC)no1)C1CCCCCC1. The molecular formula is C15H25N5O3. The highest BCUT2D eigenvalue weighted by atomic mass is 16.5. The predicted octanol–water partition coefficient (Wildman–Crippen LogP) is 1.68. The molecule has 0 atom stereocenters. The van der Waals surface area contributed by atoms with E-state index in [2.05, 4.69) is 20.8 Å². The molecule has 0 spiro atoms. The molecule has 1 heterocycles. The van der Waals surface area contributed by atoms with Gasteiger partial charge in [0.05, 0.1) is 6.54 Å². The monoisotopic (exact) mass is 323 g/mol. The Labute approximate surface area is 136 Å². The van der Waals surface area contributed by atoms with Crippen molar-refractivity contribution in [3.8, 4) is 0 Å². The minimum Gasteiger partial charge on any atom is -0.352 e. The predicted molar refractivity (Wildman–Crippen MR) is 83.8 cm³/mol. The first kappa shape index (κ1) is 17.2. The summed E-state index contributed by atoms with van der Waals surface area (Å²) >= 11 is 0. The van der Waals surface area contributed by atoms with Crippen LogP contribution < -0.4 is 10.6 Å². The lowest BCUT2D eigenvalue weighted by atomic mass is 10.1. The zero-order valence-corrected chi connectivity index (χ0v) is 13.8. The van der Waals surface area contributed by atoms with Gasteiger partial charge in [-0.2, -0.15) is 4.98 Å². The first-order valence-corrected chi connectivity index (χ1v) is 8.24. The molecule has 1 aromatic rings. The van der Waals surface area contributed by atoms with E-state index in [4.69, 9.17) is 4.52 Å². The molecule has 8 nitrogen and oxygen atoms in total. The molecule has 8 heteroatoms. The smallest absolute Gasteiger partial charge is 0.318 e. The fourth-order valence-corrected chi connectivity index (χ4v) is 2.92. The van der Waals surface area contributed by atoms with Gasteiger partial charge in [0.25, 0.3) is 11.7 Å². The Morgan fingerprint density at radius 1 is 1.26 bits per heavy atom. The molecular weight excluding hydrogens is 298 g/mol. The second-order valence-electron chi connectivity index (χ2n) is 5.68. The van der Waals surface area contributed by atoms with E-state index in [0.29, 0.717) is 12.6 Å². The summed E-state index contributed by atoms with van der Waals surface area (Å²) in [6.45, 7) is 2.77. The largest absolute Gasteiger partial charge is 0.352 e. The number of urea groups is 1. The van der Waals surface area contributed by atoms with Gasteiger partial charge in [-0.05, 0) is 19.8 Å². The van der Waals surface area contributed by atoms with E-state index in [1.807, 2.05) is 11.8 Å². The van der Waals surface area contributed by atoms with E-state index in [1.165, 1.54) is 32.7 Å². The van der Waals surface area contributed by atoms with Crippen molar-refractivity contribution >= 4 is 11.9 Å². The molecule has 0 radical (unpaired) electrons. The van der Waals surface area contributed by atoms with Gasteiger partial charge in [-0.25, -0.2) is 4.79 Å². The van der Waals surface area contributed by atoms with Crippen LogP contribution in [0.2, 0.25) is 0 Å². The molecule has 0 unspecified atom stereocenters. The van der Waals surface area contributed by atoms with Crippen LogP contribution in [0.1, 0.15) is 62.0 Å². The molecule has 1 fully saturated rings. The van der Waals surface area contributed by atoms with Gasteiger partial charge >= 0.3 is 6.03 Å². The van der Waals surface area contributed by atoms with Crippen LogP contribution in [0.4, 0.5) is 4.79 Å². The molecule has 0 aliphatic heterocycles. The number of amides is 3. The lowest BCUT2D eigenvalue weighted by molar-refractivity contribution is 0.0949.